The molecule has 2 aromatic carbocycles. The maximum atomic E-state index is 12.8. The summed E-state index contributed by atoms with van der Waals surface area (Å²) in [6.07, 6.45) is 1.16. The molecule has 1 fully saturated rings. The maximum Gasteiger partial charge on any atom is 0.232 e. The Morgan fingerprint density at radius 3 is 2.39 bits per heavy atom. The molecule has 0 bridgehead atoms. The summed E-state index contributed by atoms with van der Waals surface area (Å²) in [5, 5.41) is 2.90. The Labute approximate surface area is 171 Å². The molecule has 152 valence electrons. The minimum atomic E-state index is -3.45. The zero-order chi connectivity index (χ0) is 19.3. The van der Waals surface area contributed by atoms with Crippen LogP contribution in [0.4, 0.5) is 5.69 Å². The molecule has 3 rings (SSSR count). The number of sulfone groups is 1. The van der Waals surface area contributed by atoms with Gasteiger partial charge in [-0.15, -0.1) is 12.4 Å². The molecule has 1 heterocycles. The molecule has 1 aliphatic rings. The number of hydrogen-bond acceptors (Lipinski definition) is 5. The fourth-order valence-electron chi connectivity index (χ4n) is 3.22. The average Bonchev–Trinajstić information content (AvgIpc) is 2.69. The van der Waals surface area contributed by atoms with E-state index in [1.165, 1.54) is 0 Å². The van der Waals surface area contributed by atoms with Gasteiger partial charge in [-0.05, 0) is 42.7 Å². The molecule has 0 aromatic heterocycles. The van der Waals surface area contributed by atoms with Crippen LogP contribution in [0.25, 0.3) is 0 Å². The summed E-state index contributed by atoms with van der Waals surface area (Å²) in [4.78, 5) is 13.1. The molecular weight excluding hydrogens is 400 g/mol. The van der Waals surface area contributed by atoms with Crippen molar-refractivity contribution in [2.24, 2.45) is 11.1 Å². The second-order valence-corrected chi connectivity index (χ2v) is 8.81. The number of carbonyl (C=O) groups excluding carboxylic acids is 1. The third kappa shape index (κ3) is 5.11. The lowest BCUT2D eigenvalue weighted by atomic mass is 9.79. The molecule has 1 amide bonds. The van der Waals surface area contributed by atoms with Gasteiger partial charge < -0.3 is 15.8 Å². The first kappa shape index (κ1) is 22.4. The SMILES string of the molecule is Cl.NCC1(C(=O)Nc2cccc(CS(=O)(=O)c3ccccc3)c2)CCOCC1. The van der Waals surface area contributed by atoms with Gasteiger partial charge in [0, 0.05) is 25.4 Å². The van der Waals surface area contributed by atoms with Crippen LogP contribution in [0.15, 0.2) is 59.5 Å². The first-order valence-electron chi connectivity index (χ1n) is 8.91. The molecule has 0 aliphatic carbocycles. The Morgan fingerprint density at radius 1 is 1.07 bits per heavy atom. The first-order chi connectivity index (χ1) is 13.0. The molecular formula is C20H25ClN2O4S. The van der Waals surface area contributed by atoms with Crippen molar-refractivity contribution in [2.45, 2.75) is 23.5 Å². The molecule has 2 aromatic rings. The number of nitrogens with two attached hydrogens (primary N) is 1. The summed E-state index contributed by atoms with van der Waals surface area (Å²) >= 11 is 0. The van der Waals surface area contributed by atoms with Crippen LogP contribution in [0.2, 0.25) is 0 Å². The van der Waals surface area contributed by atoms with Gasteiger partial charge in [0.05, 0.1) is 16.1 Å². The zero-order valence-electron chi connectivity index (χ0n) is 15.5. The molecule has 1 aliphatic heterocycles. The predicted molar refractivity (Wildman–Crippen MR) is 111 cm³/mol. The standard InChI is InChI=1S/C20H24N2O4S.ClH/c21-15-20(9-11-26-12-10-20)19(23)22-17-6-4-5-16(13-17)14-27(24,25)18-7-2-1-3-8-18;/h1-8,13H,9-12,14-15,21H2,(H,22,23);1H. The molecule has 0 atom stereocenters. The molecule has 28 heavy (non-hydrogen) atoms. The van der Waals surface area contributed by atoms with Crippen LogP contribution >= 0.6 is 12.4 Å². The summed E-state index contributed by atoms with van der Waals surface area (Å²) in [5.74, 6) is -0.271. The van der Waals surface area contributed by atoms with Crippen LogP contribution in [-0.4, -0.2) is 34.1 Å². The van der Waals surface area contributed by atoms with E-state index in [2.05, 4.69) is 5.32 Å². The number of rotatable bonds is 6. The van der Waals surface area contributed by atoms with Gasteiger partial charge in [0.1, 0.15) is 0 Å². The number of ether oxygens (including phenoxy) is 1. The van der Waals surface area contributed by atoms with Crippen molar-refractivity contribution in [2.75, 3.05) is 25.1 Å². The summed E-state index contributed by atoms with van der Waals surface area (Å²) in [6, 6.07) is 15.3. The highest BCUT2D eigenvalue weighted by Gasteiger charge is 2.38. The predicted octanol–water partition coefficient (Wildman–Crippen LogP) is 2.78. The Hall–Kier alpha value is -1.93. The summed E-state index contributed by atoms with van der Waals surface area (Å²) in [5.41, 5.74) is 6.43. The van der Waals surface area contributed by atoms with Crippen molar-refractivity contribution < 1.29 is 17.9 Å². The third-order valence-electron chi connectivity index (χ3n) is 4.97. The maximum absolute atomic E-state index is 12.8. The summed E-state index contributed by atoms with van der Waals surface area (Å²) in [6.45, 7) is 1.28. The van der Waals surface area contributed by atoms with Crippen LogP contribution in [0, 0.1) is 5.41 Å². The lowest BCUT2D eigenvalue weighted by molar-refractivity contribution is -0.130. The molecule has 6 nitrogen and oxygen atoms in total. The van der Waals surface area contributed by atoms with Gasteiger partial charge in [0.15, 0.2) is 9.84 Å². The van der Waals surface area contributed by atoms with E-state index in [9.17, 15) is 13.2 Å². The Balaban J connectivity index is 0.00000280. The smallest absolute Gasteiger partial charge is 0.232 e. The largest absolute Gasteiger partial charge is 0.381 e. The fourth-order valence-corrected chi connectivity index (χ4v) is 4.58. The number of amides is 1. The number of nitrogens with one attached hydrogen (secondary N) is 1. The monoisotopic (exact) mass is 424 g/mol. The van der Waals surface area contributed by atoms with Gasteiger partial charge in [0.25, 0.3) is 0 Å². The Bertz CT molecular complexity index is 897. The number of benzene rings is 2. The second kappa shape index (κ2) is 9.52. The molecule has 0 unspecified atom stereocenters. The van der Waals surface area contributed by atoms with Crippen molar-refractivity contribution in [3.8, 4) is 0 Å². The topological polar surface area (TPSA) is 98.5 Å². The summed E-state index contributed by atoms with van der Waals surface area (Å²) in [7, 11) is -3.45. The lowest BCUT2D eigenvalue weighted by Gasteiger charge is -2.34. The fraction of sp³-hybridized carbons (Fsp3) is 0.350. The number of hydrogen-bond donors (Lipinski definition) is 2. The van der Waals surface area contributed by atoms with Crippen molar-refractivity contribution >= 4 is 33.8 Å². The number of anilines is 1. The van der Waals surface area contributed by atoms with E-state index in [4.69, 9.17) is 10.5 Å². The van der Waals surface area contributed by atoms with Gasteiger partial charge in [-0.25, -0.2) is 8.42 Å². The lowest BCUT2D eigenvalue weighted by Crippen LogP contribution is -2.46. The highest BCUT2D eigenvalue weighted by Crippen LogP contribution is 2.31. The van der Waals surface area contributed by atoms with Crippen molar-refractivity contribution in [3.63, 3.8) is 0 Å². The highest BCUT2D eigenvalue weighted by molar-refractivity contribution is 7.90. The van der Waals surface area contributed by atoms with Gasteiger partial charge in [-0.1, -0.05) is 30.3 Å². The van der Waals surface area contributed by atoms with E-state index >= 15 is 0 Å². The van der Waals surface area contributed by atoms with E-state index in [1.807, 2.05) is 0 Å². The molecule has 0 saturated carbocycles. The number of halogens is 1. The Morgan fingerprint density at radius 2 is 1.75 bits per heavy atom. The highest BCUT2D eigenvalue weighted by atomic mass is 35.5. The second-order valence-electron chi connectivity index (χ2n) is 6.82. The van der Waals surface area contributed by atoms with Crippen molar-refractivity contribution in [3.05, 3.63) is 60.2 Å². The van der Waals surface area contributed by atoms with Crippen molar-refractivity contribution in [1.82, 2.24) is 0 Å². The van der Waals surface area contributed by atoms with E-state index in [-0.39, 0.29) is 35.5 Å². The minimum Gasteiger partial charge on any atom is -0.381 e. The third-order valence-corrected chi connectivity index (χ3v) is 6.67. The van der Waals surface area contributed by atoms with Crippen molar-refractivity contribution in [1.29, 1.82) is 0 Å². The molecule has 3 N–H and O–H groups in total. The van der Waals surface area contributed by atoms with Gasteiger partial charge in [-0.2, -0.15) is 0 Å². The quantitative estimate of drug-likeness (QED) is 0.742. The Kier molecular flexibility index (Phi) is 7.60. The van der Waals surface area contributed by atoms with Crippen LogP contribution in [0.5, 0.6) is 0 Å². The van der Waals surface area contributed by atoms with Crippen LogP contribution < -0.4 is 11.1 Å². The first-order valence-corrected chi connectivity index (χ1v) is 10.6. The van der Waals surface area contributed by atoms with Crippen LogP contribution in [0.1, 0.15) is 18.4 Å². The molecule has 8 heteroatoms. The number of carbonyl (C=O) groups is 1. The van der Waals surface area contributed by atoms with E-state index in [0.717, 1.165) is 0 Å². The van der Waals surface area contributed by atoms with Gasteiger partial charge in [0.2, 0.25) is 5.91 Å². The van der Waals surface area contributed by atoms with Crippen LogP contribution in [-0.2, 0) is 25.1 Å². The molecule has 0 radical (unpaired) electrons. The van der Waals surface area contributed by atoms with E-state index in [1.54, 1.807) is 54.6 Å². The van der Waals surface area contributed by atoms with Crippen LogP contribution in [0.3, 0.4) is 0 Å². The minimum absolute atomic E-state index is 0. The molecule has 0 spiro atoms. The normalized spacial score (nSPS) is 16.0. The van der Waals surface area contributed by atoms with Gasteiger partial charge in [-0.3, -0.25) is 4.79 Å². The summed E-state index contributed by atoms with van der Waals surface area (Å²) < 4.78 is 30.5. The van der Waals surface area contributed by atoms with E-state index < -0.39 is 15.3 Å². The zero-order valence-corrected chi connectivity index (χ0v) is 17.1. The average molecular weight is 425 g/mol. The molecule has 1 saturated heterocycles. The van der Waals surface area contributed by atoms with Gasteiger partial charge >= 0.3 is 0 Å². The van der Waals surface area contributed by atoms with E-state index in [0.29, 0.717) is 37.3 Å².